The van der Waals surface area contributed by atoms with Crippen molar-refractivity contribution in [2.45, 2.75) is 31.6 Å². The van der Waals surface area contributed by atoms with Crippen LogP contribution >= 0.6 is 15.9 Å². The number of sulfonamides is 1. The molecule has 0 amide bonds. The maximum Gasteiger partial charge on any atom is 0.240 e. The molecule has 6 heteroatoms. The molecule has 1 aromatic carbocycles. The number of alkyl halides is 1. The summed E-state index contributed by atoms with van der Waals surface area (Å²) in [6, 6.07) is 3.69. The molecule has 19 heavy (non-hydrogen) atoms. The Balaban J connectivity index is 2.81. The summed E-state index contributed by atoms with van der Waals surface area (Å²) >= 11 is 3.36. The number of halogens is 2. The number of nitrogens with one attached hydrogen (secondary N) is 1. The zero-order valence-corrected chi connectivity index (χ0v) is 13.5. The van der Waals surface area contributed by atoms with E-state index in [1.807, 2.05) is 6.92 Å². The SMILES string of the molecule is CCC(CCBr)CNS(=O)(=O)c1ccc(F)cc1C. The zero-order valence-electron chi connectivity index (χ0n) is 11.1. The molecule has 0 aliphatic heterocycles. The summed E-state index contributed by atoms with van der Waals surface area (Å²) < 4.78 is 39.9. The van der Waals surface area contributed by atoms with Crippen molar-refractivity contribution in [2.75, 3.05) is 11.9 Å². The molecule has 1 atom stereocenters. The van der Waals surface area contributed by atoms with Crippen LogP contribution in [-0.4, -0.2) is 20.3 Å². The lowest BCUT2D eigenvalue weighted by atomic mass is 10.0. The number of benzene rings is 1. The van der Waals surface area contributed by atoms with Gasteiger partial charge >= 0.3 is 0 Å². The molecule has 108 valence electrons. The van der Waals surface area contributed by atoms with Gasteiger partial charge in [-0.25, -0.2) is 17.5 Å². The van der Waals surface area contributed by atoms with Crippen molar-refractivity contribution in [3.05, 3.63) is 29.6 Å². The Labute approximate surface area is 122 Å². The highest BCUT2D eigenvalue weighted by atomic mass is 79.9. The monoisotopic (exact) mass is 351 g/mol. The molecule has 0 bridgehead atoms. The van der Waals surface area contributed by atoms with E-state index in [0.29, 0.717) is 18.0 Å². The first-order valence-corrected chi connectivity index (χ1v) is 8.83. The Bertz CT molecular complexity index is 519. The summed E-state index contributed by atoms with van der Waals surface area (Å²) in [5, 5.41) is 0.850. The highest BCUT2D eigenvalue weighted by Gasteiger charge is 2.18. The summed E-state index contributed by atoms with van der Waals surface area (Å²) in [6.45, 7) is 4.03. The highest BCUT2D eigenvalue weighted by molar-refractivity contribution is 9.09. The summed E-state index contributed by atoms with van der Waals surface area (Å²) in [4.78, 5) is 0.141. The van der Waals surface area contributed by atoms with E-state index in [0.717, 1.165) is 24.2 Å². The van der Waals surface area contributed by atoms with Crippen molar-refractivity contribution in [3.63, 3.8) is 0 Å². The molecule has 0 fully saturated rings. The van der Waals surface area contributed by atoms with Gasteiger partial charge in [0.15, 0.2) is 0 Å². The summed E-state index contributed by atoms with van der Waals surface area (Å²) in [6.07, 6.45) is 1.83. The van der Waals surface area contributed by atoms with Gasteiger partial charge < -0.3 is 0 Å². The molecule has 1 rings (SSSR count). The molecule has 1 N–H and O–H groups in total. The summed E-state index contributed by atoms with van der Waals surface area (Å²) in [7, 11) is -3.56. The fraction of sp³-hybridized carbons (Fsp3) is 0.538. The first-order chi connectivity index (χ1) is 8.90. The lowest BCUT2D eigenvalue weighted by Crippen LogP contribution is -2.30. The van der Waals surface area contributed by atoms with Crippen LogP contribution in [-0.2, 0) is 10.0 Å². The van der Waals surface area contributed by atoms with Crippen LogP contribution in [0.4, 0.5) is 4.39 Å². The van der Waals surface area contributed by atoms with E-state index in [1.165, 1.54) is 12.1 Å². The molecule has 0 heterocycles. The van der Waals surface area contributed by atoms with Crippen molar-refractivity contribution in [3.8, 4) is 0 Å². The minimum atomic E-state index is -3.56. The van der Waals surface area contributed by atoms with Crippen LogP contribution in [0.15, 0.2) is 23.1 Å². The Kier molecular flexibility index (Phi) is 6.42. The van der Waals surface area contributed by atoms with E-state index < -0.39 is 15.8 Å². The standard InChI is InChI=1S/C13H19BrFNO2S/c1-3-11(6-7-14)9-16-19(17,18)13-5-4-12(15)8-10(13)2/h4-5,8,11,16H,3,6-7,9H2,1-2H3. The average Bonchev–Trinajstić information content (AvgIpc) is 2.34. The van der Waals surface area contributed by atoms with Crippen molar-refractivity contribution in [1.82, 2.24) is 4.72 Å². The van der Waals surface area contributed by atoms with E-state index in [9.17, 15) is 12.8 Å². The minimum Gasteiger partial charge on any atom is -0.211 e. The van der Waals surface area contributed by atoms with Crippen molar-refractivity contribution in [1.29, 1.82) is 0 Å². The van der Waals surface area contributed by atoms with Crippen molar-refractivity contribution >= 4 is 26.0 Å². The molecule has 1 unspecified atom stereocenters. The van der Waals surface area contributed by atoms with Gasteiger partial charge in [0.2, 0.25) is 10.0 Å². The van der Waals surface area contributed by atoms with Crippen LogP contribution in [0, 0.1) is 18.7 Å². The van der Waals surface area contributed by atoms with Crippen molar-refractivity contribution < 1.29 is 12.8 Å². The Morgan fingerprint density at radius 1 is 1.42 bits per heavy atom. The maximum atomic E-state index is 13.0. The molecule has 1 aromatic rings. The van der Waals surface area contributed by atoms with Crippen LogP contribution in [0.3, 0.4) is 0 Å². The van der Waals surface area contributed by atoms with Gasteiger partial charge in [0.05, 0.1) is 4.90 Å². The molecular formula is C13H19BrFNO2S. The smallest absolute Gasteiger partial charge is 0.211 e. The third-order valence-electron chi connectivity index (χ3n) is 3.08. The van der Waals surface area contributed by atoms with E-state index in [-0.39, 0.29) is 4.90 Å². The summed E-state index contributed by atoms with van der Waals surface area (Å²) in [5.41, 5.74) is 0.418. The molecule has 3 nitrogen and oxygen atoms in total. The minimum absolute atomic E-state index is 0.141. The molecule has 0 aliphatic rings. The van der Waals surface area contributed by atoms with E-state index in [2.05, 4.69) is 20.7 Å². The van der Waals surface area contributed by atoms with Gasteiger partial charge in [-0.3, -0.25) is 0 Å². The van der Waals surface area contributed by atoms with Gasteiger partial charge in [-0.05, 0) is 43.0 Å². The van der Waals surface area contributed by atoms with E-state index in [4.69, 9.17) is 0 Å². The second kappa shape index (κ2) is 7.36. The van der Waals surface area contributed by atoms with E-state index in [1.54, 1.807) is 6.92 Å². The van der Waals surface area contributed by atoms with Gasteiger partial charge in [-0.2, -0.15) is 0 Å². The van der Waals surface area contributed by atoms with Crippen LogP contribution < -0.4 is 4.72 Å². The summed E-state index contributed by atoms with van der Waals surface area (Å²) in [5.74, 6) is -0.128. The second-order valence-electron chi connectivity index (χ2n) is 4.51. The third-order valence-corrected chi connectivity index (χ3v) is 5.12. The predicted molar refractivity (Wildman–Crippen MR) is 78.5 cm³/mol. The Morgan fingerprint density at radius 2 is 2.11 bits per heavy atom. The number of hydrogen-bond acceptors (Lipinski definition) is 2. The van der Waals surface area contributed by atoms with E-state index >= 15 is 0 Å². The van der Waals surface area contributed by atoms with Gasteiger partial charge in [-0.15, -0.1) is 0 Å². The van der Waals surface area contributed by atoms with Crippen LogP contribution in [0.2, 0.25) is 0 Å². The lowest BCUT2D eigenvalue weighted by Gasteiger charge is -2.15. The molecular weight excluding hydrogens is 333 g/mol. The van der Waals surface area contributed by atoms with Crippen LogP contribution in [0.25, 0.3) is 0 Å². The fourth-order valence-corrected chi connectivity index (χ4v) is 3.81. The largest absolute Gasteiger partial charge is 0.240 e. The number of rotatable bonds is 7. The molecule has 0 aliphatic carbocycles. The zero-order chi connectivity index (χ0) is 14.5. The van der Waals surface area contributed by atoms with Gasteiger partial charge in [0.1, 0.15) is 5.82 Å². The molecule has 0 saturated carbocycles. The highest BCUT2D eigenvalue weighted by Crippen LogP contribution is 2.17. The fourth-order valence-electron chi connectivity index (χ4n) is 1.82. The van der Waals surface area contributed by atoms with Crippen molar-refractivity contribution in [2.24, 2.45) is 5.92 Å². The van der Waals surface area contributed by atoms with Gasteiger partial charge in [-0.1, -0.05) is 29.3 Å². The predicted octanol–water partition coefficient (Wildman–Crippen LogP) is 3.22. The topological polar surface area (TPSA) is 46.2 Å². The van der Waals surface area contributed by atoms with Gasteiger partial charge in [0.25, 0.3) is 0 Å². The number of aryl methyl sites for hydroxylation is 1. The van der Waals surface area contributed by atoms with Crippen LogP contribution in [0.5, 0.6) is 0 Å². The molecule has 0 radical (unpaired) electrons. The molecule has 0 spiro atoms. The van der Waals surface area contributed by atoms with Crippen LogP contribution in [0.1, 0.15) is 25.3 Å². The quantitative estimate of drug-likeness (QED) is 0.766. The maximum absolute atomic E-state index is 13.0. The lowest BCUT2D eigenvalue weighted by molar-refractivity contribution is 0.483. The third kappa shape index (κ3) is 4.85. The molecule has 0 aromatic heterocycles. The van der Waals surface area contributed by atoms with Gasteiger partial charge in [0, 0.05) is 11.9 Å². The first kappa shape index (κ1) is 16.6. The Hall–Kier alpha value is -0.460. The number of hydrogen-bond donors (Lipinski definition) is 1. The average molecular weight is 352 g/mol. The second-order valence-corrected chi connectivity index (χ2v) is 7.04. The first-order valence-electron chi connectivity index (χ1n) is 6.22. The Morgan fingerprint density at radius 3 is 2.63 bits per heavy atom. The normalized spacial score (nSPS) is 13.5. The molecule has 0 saturated heterocycles.